The number of hydrogen-bond acceptors (Lipinski definition) is 4. The fourth-order valence-corrected chi connectivity index (χ4v) is 3.05. The number of carbonyl (C=O) groups is 1. The highest BCUT2D eigenvalue weighted by atomic mass is 16.7. The van der Waals surface area contributed by atoms with E-state index in [1.807, 2.05) is 19.1 Å². The van der Waals surface area contributed by atoms with Crippen molar-refractivity contribution in [2.24, 2.45) is 0 Å². The lowest BCUT2D eigenvalue weighted by Gasteiger charge is -2.10. The van der Waals surface area contributed by atoms with Gasteiger partial charge in [-0.2, -0.15) is 0 Å². The molecular weight excluding hydrogens is 322 g/mol. The minimum Gasteiger partial charge on any atom is -0.464 e. The van der Waals surface area contributed by atoms with E-state index < -0.39 is 6.09 Å². The third-order valence-electron chi connectivity index (χ3n) is 4.27. The first kappa shape index (κ1) is 15.3. The molecule has 0 unspecified atom stereocenters. The predicted octanol–water partition coefficient (Wildman–Crippen LogP) is 3.16. The second-order valence-corrected chi connectivity index (χ2v) is 6.02. The van der Waals surface area contributed by atoms with Gasteiger partial charge < -0.3 is 14.6 Å². The third kappa shape index (κ3) is 2.61. The average molecular weight is 337 g/mol. The summed E-state index contributed by atoms with van der Waals surface area (Å²) in [4.78, 5) is 24.4. The first-order valence-electron chi connectivity index (χ1n) is 7.79. The molecule has 0 saturated carbocycles. The van der Waals surface area contributed by atoms with Crippen LogP contribution < -0.4 is 14.9 Å². The summed E-state index contributed by atoms with van der Waals surface area (Å²) in [5.41, 5.74) is 2.40. The van der Waals surface area contributed by atoms with Crippen LogP contribution in [-0.4, -0.2) is 22.6 Å². The van der Waals surface area contributed by atoms with Crippen molar-refractivity contribution < 1.29 is 19.4 Å². The molecule has 6 heteroatoms. The molecule has 1 aliphatic rings. The second kappa shape index (κ2) is 5.66. The highest BCUT2D eigenvalue weighted by molar-refractivity contribution is 5.88. The quantitative estimate of drug-likeness (QED) is 0.777. The molecule has 3 aromatic rings. The Bertz CT molecular complexity index is 1070. The molecule has 0 aliphatic carbocycles. The van der Waals surface area contributed by atoms with Gasteiger partial charge >= 0.3 is 6.09 Å². The average Bonchev–Trinajstić information content (AvgIpc) is 3.05. The van der Waals surface area contributed by atoms with E-state index in [2.05, 4.69) is 0 Å². The number of benzene rings is 2. The highest BCUT2D eigenvalue weighted by Crippen LogP contribution is 2.33. The lowest BCUT2D eigenvalue weighted by atomic mass is 10.0. The molecule has 0 fully saturated rings. The fraction of sp³-hybridized carbons (Fsp3) is 0.158. The summed E-state index contributed by atoms with van der Waals surface area (Å²) in [5, 5.41) is 9.89. The van der Waals surface area contributed by atoms with Crippen LogP contribution in [0.2, 0.25) is 0 Å². The van der Waals surface area contributed by atoms with Gasteiger partial charge in [0.15, 0.2) is 16.9 Å². The summed E-state index contributed by atoms with van der Waals surface area (Å²) >= 11 is 0. The van der Waals surface area contributed by atoms with Crippen LogP contribution in [0.5, 0.6) is 11.5 Å². The summed E-state index contributed by atoms with van der Waals surface area (Å²) in [5.74, 6) is 1.30. The van der Waals surface area contributed by atoms with Crippen molar-refractivity contribution in [3.05, 3.63) is 69.5 Å². The van der Waals surface area contributed by atoms with Gasteiger partial charge in [0.25, 0.3) is 0 Å². The Balaban J connectivity index is 1.85. The zero-order chi connectivity index (χ0) is 17.6. The number of ether oxygens (including phenoxy) is 2. The molecule has 2 aromatic carbocycles. The maximum Gasteiger partial charge on any atom is 0.416 e. The minimum absolute atomic E-state index is 0.158. The van der Waals surface area contributed by atoms with Crippen LogP contribution in [0, 0.1) is 6.92 Å². The number of aryl methyl sites for hydroxylation is 1. The Kier molecular flexibility index (Phi) is 3.46. The zero-order valence-corrected chi connectivity index (χ0v) is 13.5. The van der Waals surface area contributed by atoms with Crippen molar-refractivity contribution >= 4 is 17.0 Å². The summed E-state index contributed by atoms with van der Waals surface area (Å²) in [6.45, 7) is 2.05. The summed E-state index contributed by atoms with van der Waals surface area (Å²) in [6, 6.07) is 10.6. The van der Waals surface area contributed by atoms with Gasteiger partial charge in [0.05, 0.1) is 5.52 Å². The monoisotopic (exact) mass is 337 g/mol. The molecular formula is C19H15NO5. The molecule has 126 valence electrons. The minimum atomic E-state index is -1.12. The molecule has 4 rings (SSSR count). The van der Waals surface area contributed by atoms with Crippen molar-refractivity contribution in [3.63, 3.8) is 0 Å². The summed E-state index contributed by atoms with van der Waals surface area (Å²) in [7, 11) is 0. The lowest BCUT2D eigenvalue weighted by molar-refractivity contribution is 0.174. The molecule has 0 atom stereocenters. The normalized spacial score (nSPS) is 12.5. The Morgan fingerprint density at radius 2 is 1.96 bits per heavy atom. The number of aromatic nitrogens is 1. The van der Waals surface area contributed by atoms with Gasteiger partial charge in [0.1, 0.15) is 0 Å². The van der Waals surface area contributed by atoms with Crippen LogP contribution in [-0.2, 0) is 6.42 Å². The van der Waals surface area contributed by atoms with Gasteiger partial charge in [-0.05, 0) is 36.8 Å². The van der Waals surface area contributed by atoms with Crippen molar-refractivity contribution in [1.82, 2.24) is 4.57 Å². The SMILES string of the molecule is Cc1ccc2c(c1)c(=O)c(Cc1ccc3c(c1)OCO3)cn2C(=O)O. The van der Waals surface area contributed by atoms with Gasteiger partial charge in [0, 0.05) is 23.6 Å². The molecule has 1 aliphatic heterocycles. The number of fused-ring (bicyclic) bond motifs is 2. The lowest BCUT2D eigenvalue weighted by Crippen LogP contribution is -2.19. The highest BCUT2D eigenvalue weighted by Gasteiger charge is 2.16. The second-order valence-electron chi connectivity index (χ2n) is 6.02. The molecule has 0 amide bonds. The standard InChI is InChI=1S/C19H15NO5/c1-11-2-4-15-14(6-11)18(21)13(9-20(15)19(22)23)7-12-3-5-16-17(8-12)25-10-24-16/h2-6,8-9H,7,10H2,1H3,(H,22,23). The Morgan fingerprint density at radius 1 is 1.16 bits per heavy atom. The third-order valence-corrected chi connectivity index (χ3v) is 4.27. The number of pyridine rings is 1. The molecule has 0 spiro atoms. The summed E-state index contributed by atoms with van der Waals surface area (Å²) in [6.07, 6.45) is 0.584. The van der Waals surface area contributed by atoms with Gasteiger partial charge in [-0.1, -0.05) is 17.7 Å². The zero-order valence-electron chi connectivity index (χ0n) is 13.5. The Hall–Kier alpha value is -3.28. The van der Waals surface area contributed by atoms with Crippen LogP contribution in [0.25, 0.3) is 10.9 Å². The van der Waals surface area contributed by atoms with E-state index >= 15 is 0 Å². The smallest absolute Gasteiger partial charge is 0.416 e. The molecule has 0 saturated heterocycles. The van der Waals surface area contributed by atoms with Crippen LogP contribution >= 0.6 is 0 Å². The molecule has 0 bridgehead atoms. The maximum absolute atomic E-state index is 12.8. The van der Waals surface area contributed by atoms with Crippen LogP contribution in [0.3, 0.4) is 0 Å². The summed E-state index contributed by atoms with van der Waals surface area (Å²) < 4.78 is 11.7. The van der Waals surface area contributed by atoms with Crippen LogP contribution in [0.4, 0.5) is 4.79 Å². The fourth-order valence-electron chi connectivity index (χ4n) is 3.05. The van der Waals surface area contributed by atoms with Gasteiger partial charge in [-0.3, -0.25) is 9.36 Å². The number of carboxylic acid groups (broad SMARTS) is 1. The van der Waals surface area contributed by atoms with Crippen molar-refractivity contribution in [1.29, 1.82) is 0 Å². The van der Waals surface area contributed by atoms with E-state index in [0.29, 0.717) is 34.4 Å². The van der Waals surface area contributed by atoms with E-state index in [4.69, 9.17) is 9.47 Å². The number of hydrogen-bond donors (Lipinski definition) is 1. The number of nitrogens with zero attached hydrogens (tertiary/aromatic N) is 1. The molecule has 2 heterocycles. The Labute approximate surface area is 142 Å². The van der Waals surface area contributed by atoms with E-state index in [1.165, 1.54) is 6.20 Å². The Morgan fingerprint density at radius 3 is 2.76 bits per heavy atom. The topological polar surface area (TPSA) is 77.8 Å². The van der Waals surface area contributed by atoms with Crippen molar-refractivity contribution in [3.8, 4) is 11.5 Å². The van der Waals surface area contributed by atoms with E-state index in [-0.39, 0.29) is 12.2 Å². The van der Waals surface area contributed by atoms with E-state index in [0.717, 1.165) is 15.7 Å². The van der Waals surface area contributed by atoms with E-state index in [1.54, 1.807) is 24.3 Å². The molecule has 1 N–H and O–H groups in total. The van der Waals surface area contributed by atoms with Crippen LogP contribution in [0.15, 0.2) is 47.4 Å². The molecule has 6 nitrogen and oxygen atoms in total. The van der Waals surface area contributed by atoms with Crippen molar-refractivity contribution in [2.75, 3.05) is 6.79 Å². The predicted molar refractivity (Wildman–Crippen MR) is 91.7 cm³/mol. The largest absolute Gasteiger partial charge is 0.464 e. The van der Waals surface area contributed by atoms with Crippen LogP contribution in [0.1, 0.15) is 16.7 Å². The first-order chi connectivity index (χ1) is 12.0. The van der Waals surface area contributed by atoms with Gasteiger partial charge in [-0.15, -0.1) is 0 Å². The molecule has 25 heavy (non-hydrogen) atoms. The first-order valence-corrected chi connectivity index (χ1v) is 7.79. The number of rotatable bonds is 2. The maximum atomic E-state index is 12.8. The van der Waals surface area contributed by atoms with Crippen molar-refractivity contribution in [2.45, 2.75) is 13.3 Å². The molecule has 0 radical (unpaired) electrons. The molecule has 1 aromatic heterocycles. The van der Waals surface area contributed by atoms with Gasteiger partial charge in [-0.25, -0.2) is 4.79 Å². The van der Waals surface area contributed by atoms with Gasteiger partial charge in [0.2, 0.25) is 6.79 Å². The van der Waals surface area contributed by atoms with E-state index in [9.17, 15) is 14.7 Å².